The number of anilines is 2. The van der Waals surface area contributed by atoms with E-state index in [9.17, 15) is 14.0 Å². The summed E-state index contributed by atoms with van der Waals surface area (Å²) >= 11 is 0. The Bertz CT molecular complexity index is 887. The normalized spacial score (nSPS) is 17.5. The van der Waals surface area contributed by atoms with Crippen molar-refractivity contribution >= 4 is 23.2 Å². The van der Waals surface area contributed by atoms with E-state index in [1.807, 2.05) is 12.1 Å². The summed E-state index contributed by atoms with van der Waals surface area (Å²) in [5, 5.41) is 5.98. The maximum atomic E-state index is 13.0. The molecule has 2 amide bonds. The number of nitrogens with zero attached hydrogens (tertiary/aromatic N) is 2. The van der Waals surface area contributed by atoms with Gasteiger partial charge in [0, 0.05) is 49.2 Å². The van der Waals surface area contributed by atoms with Gasteiger partial charge in [-0.1, -0.05) is 0 Å². The monoisotopic (exact) mass is 424 g/mol. The van der Waals surface area contributed by atoms with E-state index in [1.165, 1.54) is 42.8 Å². The van der Waals surface area contributed by atoms with Crippen LogP contribution >= 0.6 is 0 Å². The van der Waals surface area contributed by atoms with Gasteiger partial charge >= 0.3 is 0 Å². The lowest BCUT2D eigenvalue weighted by Gasteiger charge is -2.31. The van der Waals surface area contributed by atoms with Crippen LogP contribution in [0, 0.1) is 5.82 Å². The van der Waals surface area contributed by atoms with Gasteiger partial charge in [0.25, 0.3) is 5.91 Å². The fourth-order valence-corrected chi connectivity index (χ4v) is 4.24. The quantitative estimate of drug-likeness (QED) is 0.747. The highest BCUT2D eigenvalue weighted by Crippen LogP contribution is 2.22. The Balaban J connectivity index is 1.19. The lowest BCUT2D eigenvalue weighted by atomic mass is 10.0. The number of benzene rings is 2. The molecular formula is C24H29FN4O2. The molecule has 0 aliphatic carbocycles. The van der Waals surface area contributed by atoms with E-state index in [0.29, 0.717) is 12.1 Å². The van der Waals surface area contributed by atoms with E-state index in [2.05, 4.69) is 32.6 Å². The summed E-state index contributed by atoms with van der Waals surface area (Å²) in [5.74, 6) is -0.568. The molecule has 0 unspecified atom stereocenters. The number of hydrogen-bond acceptors (Lipinski definition) is 4. The number of piperidine rings is 1. The lowest BCUT2D eigenvalue weighted by molar-refractivity contribution is -0.117. The third-order valence-electron chi connectivity index (χ3n) is 6.02. The van der Waals surface area contributed by atoms with Crippen molar-refractivity contribution in [2.75, 3.05) is 42.9 Å². The summed E-state index contributed by atoms with van der Waals surface area (Å²) in [6, 6.07) is 13.7. The van der Waals surface area contributed by atoms with Crippen LogP contribution < -0.4 is 15.5 Å². The molecule has 7 heteroatoms. The summed E-state index contributed by atoms with van der Waals surface area (Å²) in [6.07, 6.45) is 4.05. The molecule has 2 aliphatic heterocycles. The SMILES string of the molecule is O=C(CN1CCC(NC(=O)c2ccc(F)cc2)CC1)Nc1ccc(N2CCCC2)cc1. The molecule has 0 atom stereocenters. The summed E-state index contributed by atoms with van der Waals surface area (Å²) in [6.45, 7) is 4.04. The van der Waals surface area contributed by atoms with Gasteiger partial charge in [-0.05, 0) is 74.2 Å². The number of hydrogen-bond donors (Lipinski definition) is 2. The summed E-state index contributed by atoms with van der Waals surface area (Å²) < 4.78 is 13.0. The van der Waals surface area contributed by atoms with Crippen LogP contribution in [0.4, 0.5) is 15.8 Å². The Kier molecular flexibility index (Phi) is 6.82. The van der Waals surface area contributed by atoms with Crippen molar-refractivity contribution in [1.29, 1.82) is 0 Å². The van der Waals surface area contributed by atoms with Crippen molar-refractivity contribution in [1.82, 2.24) is 10.2 Å². The molecule has 2 aliphatic rings. The molecule has 0 spiro atoms. The Labute approximate surface area is 182 Å². The van der Waals surface area contributed by atoms with Crippen molar-refractivity contribution in [3.8, 4) is 0 Å². The van der Waals surface area contributed by atoms with Gasteiger partial charge < -0.3 is 15.5 Å². The first-order chi connectivity index (χ1) is 15.1. The second kappa shape index (κ2) is 9.92. The number of carbonyl (C=O) groups is 2. The van der Waals surface area contributed by atoms with Crippen molar-refractivity contribution in [2.24, 2.45) is 0 Å². The van der Waals surface area contributed by atoms with Crippen LogP contribution in [-0.4, -0.2) is 55.5 Å². The van der Waals surface area contributed by atoms with E-state index >= 15 is 0 Å². The Morgan fingerprint density at radius 1 is 0.903 bits per heavy atom. The van der Waals surface area contributed by atoms with Gasteiger partial charge in [-0.3, -0.25) is 14.5 Å². The lowest BCUT2D eigenvalue weighted by Crippen LogP contribution is -2.46. The molecular weight excluding hydrogens is 395 g/mol. The summed E-state index contributed by atoms with van der Waals surface area (Å²) in [5.41, 5.74) is 2.48. The summed E-state index contributed by atoms with van der Waals surface area (Å²) in [4.78, 5) is 29.2. The molecule has 4 rings (SSSR count). The fourth-order valence-electron chi connectivity index (χ4n) is 4.24. The van der Waals surface area contributed by atoms with Crippen LogP contribution in [0.3, 0.4) is 0 Å². The maximum absolute atomic E-state index is 13.0. The zero-order chi connectivity index (χ0) is 21.6. The van der Waals surface area contributed by atoms with E-state index in [-0.39, 0.29) is 23.7 Å². The van der Waals surface area contributed by atoms with Crippen molar-refractivity contribution in [3.63, 3.8) is 0 Å². The van der Waals surface area contributed by atoms with Crippen molar-refractivity contribution in [2.45, 2.75) is 31.7 Å². The van der Waals surface area contributed by atoms with Gasteiger partial charge in [0.2, 0.25) is 5.91 Å². The summed E-state index contributed by atoms with van der Waals surface area (Å²) in [7, 11) is 0. The van der Waals surface area contributed by atoms with Crippen LogP contribution in [0.2, 0.25) is 0 Å². The highest BCUT2D eigenvalue weighted by Gasteiger charge is 2.22. The van der Waals surface area contributed by atoms with E-state index in [0.717, 1.165) is 44.7 Å². The third-order valence-corrected chi connectivity index (χ3v) is 6.02. The van der Waals surface area contributed by atoms with Crippen LogP contribution in [0.25, 0.3) is 0 Å². The first kappa shape index (κ1) is 21.3. The van der Waals surface area contributed by atoms with Gasteiger partial charge in [0.1, 0.15) is 5.82 Å². The number of carbonyl (C=O) groups excluding carboxylic acids is 2. The molecule has 0 saturated carbocycles. The highest BCUT2D eigenvalue weighted by molar-refractivity contribution is 5.94. The molecule has 0 aromatic heterocycles. The number of nitrogens with one attached hydrogen (secondary N) is 2. The first-order valence-corrected chi connectivity index (χ1v) is 11.0. The molecule has 2 heterocycles. The van der Waals surface area contributed by atoms with Gasteiger partial charge in [-0.25, -0.2) is 4.39 Å². The average Bonchev–Trinajstić information content (AvgIpc) is 3.31. The zero-order valence-electron chi connectivity index (χ0n) is 17.6. The molecule has 2 aromatic carbocycles. The minimum atomic E-state index is -0.356. The predicted octanol–water partition coefficient (Wildman–Crippen LogP) is 3.26. The maximum Gasteiger partial charge on any atom is 0.251 e. The second-order valence-electron chi connectivity index (χ2n) is 8.32. The number of amides is 2. The third kappa shape index (κ3) is 5.82. The standard InChI is InChI=1S/C24H29FN4O2/c25-19-5-3-18(4-6-19)24(31)27-21-11-15-28(16-12-21)17-23(30)26-20-7-9-22(10-8-20)29-13-1-2-14-29/h3-10,21H,1-2,11-17H2,(H,26,30)(H,27,31). The van der Waals surface area contributed by atoms with Crippen molar-refractivity contribution < 1.29 is 14.0 Å². The fraction of sp³-hybridized carbons (Fsp3) is 0.417. The molecule has 2 aromatic rings. The Morgan fingerprint density at radius 3 is 2.19 bits per heavy atom. The zero-order valence-corrected chi connectivity index (χ0v) is 17.6. The van der Waals surface area contributed by atoms with E-state index < -0.39 is 0 Å². The molecule has 164 valence electrons. The minimum Gasteiger partial charge on any atom is -0.372 e. The molecule has 0 bridgehead atoms. The molecule has 2 saturated heterocycles. The smallest absolute Gasteiger partial charge is 0.251 e. The Hall–Kier alpha value is -2.93. The van der Waals surface area contributed by atoms with Gasteiger partial charge in [-0.2, -0.15) is 0 Å². The van der Waals surface area contributed by atoms with Crippen LogP contribution in [-0.2, 0) is 4.79 Å². The van der Waals surface area contributed by atoms with Crippen LogP contribution in [0.1, 0.15) is 36.0 Å². The van der Waals surface area contributed by atoms with Crippen LogP contribution in [0.15, 0.2) is 48.5 Å². The average molecular weight is 425 g/mol. The molecule has 6 nitrogen and oxygen atoms in total. The molecule has 0 radical (unpaired) electrons. The Morgan fingerprint density at radius 2 is 1.55 bits per heavy atom. The minimum absolute atomic E-state index is 0.0253. The van der Waals surface area contributed by atoms with Gasteiger partial charge in [-0.15, -0.1) is 0 Å². The van der Waals surface area contributed by atoms with Crippen molar-refractivity contribution in [3.05, 3.63) is 59.9 Å². The molecule has 2 fully saturated rings. The molecule has 31 heavy (non-hydrogen) atoms. The molecule has 2 N–H and O–H groups in total. The van der Waals surface area contributed by atoms with Gasteiger partial charge in [0.05, 0.1) is 6.54 Å². The highest BCUT2D eigenvalue weighted by atomic mass is 19.1. The first-order valence-electron chi connectivity index (χ1n) is 11.0. The number of halogens is 1. The second-order valence-corrected chi connectivity index (χ2v) is 8.32. The largest absolute Gasteiger partial charge is 0.372 e. The van der Waals surface area contributed by atoms with Crippen LogP contribution in [0.5, 0.6) is 0 Å². The topological polar surface area (TPSA) is 64.7 Å². The number of likely N-dealkylation sites (tertiary alicyclic amines) is 1. The number of rotatable bonds is 6. The van der Waals surface area contributed by atoms with E-state index in [1.54, 1.807) is 0 Å². The van der Waals surface area contributed by atoms with E-state index in [4.69, 9.17) is 0 Å². The van der Waals surface area contributed by atoms with Gasteiger partial charge in [0.15, 0.2) is 0 Å². The predicted molar refractivity (Wildman–Crippen MR) is 120 cm³/mol.